The Hall–Kier alpha value is -1.21. The van der Waals surface area contributed by atoms with E-state index < -0.39 is 16.6 Å². The van der Waals surface area contributed by atoms with Crippen LogP contribution < -0.4 is 0 Å². The van der Waals surface area contributed by atoms with Crippen LogP contribution in [0, 0.1) is 0 Å². The molecule has 0 radical (unpaired) electrons. The topological polar surface area (TPSA) is 61.8 Å². The lowest BCUT2D eigenvalue weighted by atomic mass is 10.1. The minimum Gasteiger partial charge on any atom is -0.326 e. The monoisotopic (exact) mass is 312 g/mol. The number of ether oxygens (including phenoxy) is 2. The summed E-state index contributed by atoms with van der Waals surface area (Å²) in [7, 11) is -3.92. The Kier molecular flexibility index (Phi) is 5.16. The van der Waals surface area contributed by atoms with Crippen molar-refractivity contribution in [2.24, 2.45) is 0 Å². The molecular weight excluding hydrogens is 292 g/mol. The van der Waals surface area contributed by atoms with Crippen molar-refractivity contribution in [3.63, 3.8) is 0 Å². The van der Waals surface area contributed by atoms with Crippen LogP contribution >= 0.6 is 0 Å². The van der Waals surface area contributed by atoms with Crippen molar-refractivity contribution in [2.45, 2.75) is 50.3 Å². The molecule has 0 bridgehead atoms. The highest BCUT2D eigenvalue weighted by atomic mass is 32.2. The van der Waals surface area contributed by atoms with Crippen LogP contribution in [0.3, 0.4) is 0 Å². The average molecular weight is 312 g/mol. The smallest absolute Gasteiger partial charge is 0.301 e. The van der Waals surface area contributed by atoms with Crippen LogP contribution in [0.4, 0.5) is 0 Å². The van der Waals surface area contributed by atoms with E-state index in [-0.39, 0.29) is 17.1 Å². The van der Waals surface area contributed by atoms with Crippen LogP contribution in [-0.2, 0) is 23.8 Å². The molecule has 0 amide bonds. The van der Waals surface area contributed by atoms with Gasteiger partial charge in [-0.05, 0) is 37.5 Å². The van der Waals surface area contributed by atoms with E-state index in [1.807, 2.05) is 13.8 Å². The molecule has 3 atom stereocenters. The van der Waals surface area contributed by atoms with Crippen molar-refractivity contribution in [2.75, 3.05) is 0 Å². The van der Waals surface area contributed by atoms with E-state index in [0.717, 1.165) is 18.4 Å². The normalized spacial score (nSPS) is 26.5. The quantitative estimate of drug-likeness (QED) is 0.782. The largest absolute Gasteiger partial charge is 0.326 e. The summed E-state index contributed by atoms with van der Waals surface area (Å²) >= 11 is 0. The van der Waals surface area contributed by atoms with Crippen LogP contribution in [0.15, 0.2) is 35.7 Å². The fourth-order valence-corrected chi connectivity index (χ4v) is 2.98. The first kappa shape index (κ1) is 16.2. The third kappa shape index (κ3) is 4.14. The minimum absolute atomic E-state index is 0.0582. The van der Waals surface area contributed by atoms with Gasteiger partial charge < -0.3 is 9.47 Å². The lowest BCUT2D eigenvalue weighted by Gasteiger charge is -2.32. The van der Waals surface area contributed by atoms with Crippen LogP contribution in [0.2, 0.25) is 0 Å². The maximum absolute atomic E-state index is 12.2. The van der Waals surface area contributed by atoms with Gasteiger partial charge in [0.15, 0.2) is 0 Å². The van der Waals surface area contributed by atoms with Gasteiger partial charge >= 0.3 is 10.1 Å². The maximum Gasteiger partial charge on any atom is 0.301 e. The second-order valence-electron chi connectivity index (χ2n) is 4.96. The molecule has 1 saturated heterocycles. The van der Waals surface area contributed by atoms with Gasteiger partial charge in [0.1, 0.15) is 0 Å². The average Bonchev–Trinajstić information content (AvgIpc) is 2.46. The van der Waals surface area contributed by atoms with E-state index in [2.05, 4.69) is 6.58 Å². The highest BCUT2D eigenvalue weighted by molar-refractivity contribution is 7.86. The van der Waals surface area contributed by atoms with Crippen LogP contribution in [0.25, 0.3) is 6.08 Å². The molecule has 1 aromatic rings. The molecular formula is C15H20O5S. The van der Waals surface area contributed by atoms with Gasteiger partial charge in [0.05, 0.1) is 17.1 Å². The Morgan fingerprint density at radius 2 is 2.00 bits per heavy atom. The van der Waals surface area contributed by atoms with Crippen molar-refractivity contribution < 1.29 is 22.1 Å². The van der Waals surface area contributed by atoms with E-state index in [4.69, 9.17) is 13.7 Å². The van der Waals surface area contributed by atoms with Crippen LogP contribution in [-0.4, -0.2) is 27.1 Å². The predicted molar refractivity (Wildman–Crippen MR) is 78.9 cm³/mol. The summed E-state index contributed by atoms with van der Waals surface area (Å²) in [5, 5.41) is 0. The molecule has 1 fully saturated rings. The summed E-state index contributed by atoms with van der Waals surface area (Å²) in [5.41, 5.74) is 0.832. The molecule has 6 heteroatoms. The molecule has 1 aliphatic rings. The van der Waals surface area contributed by atoms with Gasteiger partial charge in [-0.2, -0.15) is 8.42 Å². The SMILES string of the molecule is C=Cc1ccc(S(=O)(=O)OC2OC(C)CC(CC)O2)cc1. The Labute approximate surface area is 125 Å². The van der Waals surface area contributed by atoms with E-state index in [1.54, 1.807) is 18.2 Å². The Morgan fingerprint density at radius 3 is 2.57 bits per heavy atom. The first-order valence-corrected chi connectivity index (χ1v) is 8.32. The third-order valence-electron chi connectivity index (χ3n) is 3.31. The molecule has 3 unspecified atom stereocenters. The lowest BCUT2D eigenvalue weighted by molar-refractivity contribution is -0.315. The zero-order valence-corrected chi connectivity index (χ0v) is 13.0. The summed E-state index contributed by atoms with van der Waals surface area (Å²) in [6.45, 7) is 6.27. The Morgan fingerprint density at radius 1 is 1.33 bits per heavy atom. The molecule has 0 N–H and O–H groups in total. The first-order chi connectivity index (χ1) is 9.94. The molecule has 5 nitrogen and oxygen atoms in total. The van der Waals surface area contributed by atoms with Gasteiger partial charge in [0.2, 0.25) is 0 Å². The molecule has 2 rings (SSSR count). The van der Waals surface area contributed by atoms with Gasteiger partial charge in [-0.25, -0.2) is 4.18 Å². The maximum atomic E-state index is 12.2. The second kappa shape index (κ2) is 6.70. The summed E-state index contributed by atoms with van der Waals surface area (Å²) in [5.74, 6) is 0. The van der Waals surface area contributed by atoms with Crippen LogP contribution in [0.1, 0.15) is 32.3 Å². The highest BCUT2D eigenvalue weighted by Crippen LogP contribution is 2.24. The van der Waals surface area contributed by atoms with Crippen molar-refractivity contribution in [3.05, 3.63) is 36.4 Å². The summed E-state index contributed by atoms with van der Waals surface area (Å²) in [6.07, 6.45) is 2.98. The van der Waals surface area contributed by atoms with E-state index in [9.17, 15) is 8.42 Å². The van der Waals surface area contributed by atoms with Gasteiger partial charge in [-0.1, -0.05) is 31.7 Å². The summed E-state index contributed by atoms with van der Waals surface area (Å²) < 4.78 is 40.3. The van der Waals surface area contributed by atoms with Crippen molar-refractivity contribution >= 4 is 16.2 Å². The number of rotatable bonds is 5. The third-order valence-corrected chi connectivity index (χ3v) is 4.57. The van der Waals surface area contributed by atoms with Gasteiger partial charge in [0.25, 0.3) is 6.48 Å². The molecule has 1 aliphatic heterocycles. The zero-order valence-electron chi connectivity index (χ0n) is 12.2. The molecule has 0 spiro atoms. The van der Waals surface area contributed by atoms with Crippen LogP contribution in [0.5, 0.6) is 0 Å². The standard InChI is InChI=1S/C15H20O5S/c1-4-12-6-8-14(9-7-12)21(16,17)20-15-18-11(3)10-13(5-2)19-15/h4,6-9,11,13,15H,1,5,10H2,2-3H3. The van der Waals surface area contributed by atoms with Gasteiger partial charge in [-0.3, -0.25) is 0 Å². The van der Waals surface area contributed by atoms with Crippen molar-refractivity contribution in [1.29, 1.82) is 0 Å². The molecule has 1 heterocycles. The Bertz CT molecular complexity index is 579. The predicted octanol–water partition coefficient (Wildman–Crippen LogP) is 2.92. The summed E-state index contributed by atoms with van der Waals surface area (Å²) in [4.78, 5) is 0.0616. The second-order valence-corrected chi connectivity index (χ2v) is 6.53. The Balaban J connectivity index is 2.10. The molecule has 0 aromatic heterocycles. The van der Waals surface area contributed by atoms with Gasteiger partial charge in [-0.15, -0.1) is 0 Å². The molecule has 21 heavy (non-hydrogen) atoms. The van der Waals surface area contributed by atoms with E-state index >= 15 is 0 Å². The fraction of sp³-hybridized carbons (Fsp3) is 0.467. The van der Waals surface area contributed by atoms with Gasteiger partial charge in [0, 0.05) is 0 Å². The fourth-order valence-electron chi connectivity index (χ4n) is 2.10. The molecule has 1 aromatic carbocycles. The lowest BCUT2D eigenvalue weighted by Crippen LogP contribution is -2.39. The molecule has 0 aliphatic carbocycles. The minimum atomic E-state index is -3.92. The molecule has 116 valence electrons. The number of hydrogen-bond donors (Lipinski definition) is 0. The van der Waals surface area contributed by atoms with Crippen molar-refractivity contribution in [1.82, 2.24) is 0 Å². The zero-order chi connectivity index (χ0) is 15.5. The summed E-state index contributed by atoms with van der Waals surface area (Å²) in [6, 6.07) is 6.25. The molecule has 0 saturated carbocycles. The number of benzene rings is 1. The van der Waals surface area contributed by atoms with E-state index in [1.165, 1.54) is 12.1 Å². The number of hydrogen-bond acceptors (Lipinski definition) is 5. The first-order valence-electron chi connectivity index (χ1n) is 6.91. The van der Waals surface area contributed by atoms with Crippen molar-refractivity contribution in [3.8, 4) is 0 Å². The highest BCUT2D eigenvalue weighted by Gasteiger charge is 2.31. The van der Waals surface area contributed by atoms with E-state index in [0.29, 0.717) is 0 Å².